The van der Waals surface area contributed by atoms with E-state index in [2.05, 4.69) is 19.9 Å². The number of alkyl halides is 2. The van der Waals surface area contributed by atoms with Crippen LogP contribution < -0.4 is 11.5 Å². The number of fused-ring (bicyclic) bond motifs is 3. The molecular weight excluding hydrogens is 750 g/mol. The molecule has 1 amide bonds. The molecule has 25 heteroatoms. The molecule has 3 aromatic rings. The Morgan fingerprint density at radius 2 is 1.53 bits per heavy atom. The van der Waals surface area contributed by atoms with Crippen LogP contribution in [-0.2, 0) is 46.6 Å². The van der Waals surface area contributed by atoms with E-state index in [0.29, 0.717) is 0 Å². The molecule has 20 nitrogen and oxygen atoms in total. The Labute approximate surface area is 290 Å². The van der Waals surface area contributed by atoms with Crippen LogP contribution in [0.2, 0.25) is 0 Å². The number of carbonyl (C=O) groups excluding carboxylic acids is 1. The van der Waals surface area contributed by atoms with Crippen molar-refractivity contribution in [2.75, 3.05) is 18.9 Å². The van der Waals surface area contributed by atoms with E-state index in [1.807, 2.05) is 0 Å². The highest BCUT2D eigenvalue weighted by molar-refractivity contribution is 7.72. The van der Waals surface area contributed by atoms with Crippen molar-refractivity contribution in [2.45, 2.75) is 93.6 Å². The van der Waals surface area contributed by atoms with Gasteiger partial charge in [0.05, 0.1) is 19.5 Å². The lowest BCUT2D eigenvalue weighted by molar-refractivity contribution is -0.199. The quantitative estimate of drug-likeness (QED) is 0.202. The summed E-state index contributed by atoms with van der Waals surface area (Å²) in [6.07, 6.45) is -5.87. The van der Waals surface area contributed by atoms with Crippen molar-refractivity contribution in [3.8, 4) is 0 Å². The summed E-state index contributed by atoms with van der Waals surface area (Å²) in [6, 6.07) is 0. The topological polar surface area (TPSA) is 274 Å². The molecular formula is C26H33F2N7O13P2S. The van der Waals surface area contributed by atoms with Gasteiger partial charge in [-0.1, -0.05) is 0 Å². The second-order valence-corrected chi connectivity index (χ2v) is 17.9. The number of hydrogen-bond donors (Lipinski definition) is 4. The van der Waals surface area contributed by atoms with Crippen LogP contribution >= 0.6 is 26.5 Å². The monoisotopic (exact) mass is 783 g/mol. The second kappa shape index (κ2) is 12.5. The van der Waals surface area contributed by atoms with Gasteiger partial charge in [0.15, 0.2) is 29.3 Å². The highest BCUT2D eigenvalue weighted by Gasteiger charge is 2.68. The van der Waals surface area contributed by atoms with Crippen molar-refractivity contribution in [2.24, 2.45) is 5.73 Å². The van der Waals surface area contributed by atoms with Gasteiger partial charge in [-0.3, -0.25) is 18.5 Å². The minimum Gasteiger partial charge on any atom is -0.382 e. The van der Waals surface area contributed by atoms with Crippen molar-refractivity contribution in [1.82, 2.24) is 24.5 Å². The van der Waals surface area contributed by atoms with Gasteiger partial charge in [-0.2, -0.15) is 8.78 Å². The van der Waals surface area contributed by atoms with Crippen LogP contribution in [0.1, 0.15) is 55.5 Å². The smallest absolute Gasteiger partial charge is 0.382 e. The summed E-state index contributed by atoms with van der Waals surface area (Å²) < 4.78 is 103. The lowest BCUT2D eigenvalue weighted by atomic mass is 10.1. The number of aromatic nitrogens is 5. The predicted octanol–water partition coefficient (Wildman–Crippen LogP) is 2.00. The zero-order chi connectivity index (χ0) is 36.9. The van der Waals surface area contributed by atoms with E-state index >= 15 is 8.78 Å². The summed E-state index contributed by atoms with van der Waals surface area (Å²) in [4.78, 5) is 48.7. The molecule has 0 spiro atoms. The number of imidazole rings is 1. The number of anilines is 1. The molecule has 0 aliphatic carbocycles. The van der Waals surface area contributed by atoms with E-state index in [0.717, 1.165) is 11.3 Å². The van der Waals surface area contributed by atoms with Gasteiger partial charge >= 0.3 is 20.6 Å². The minimum absolute atomic E-state index is 0.0500. The third-order valence-corrected chi connectivity index (χ3v) is 13.2. The van der Waals surface area contributed by atoms with Crippen LogP contribution in [0, 0.1) is 0 Å². The van der Waals surface area contributed by atoms with Gasteiger partial charge in [-0.15, -0.1) is 11.3 Å². The number of nitrogens with zero attached hydrogens (tertiary/aromatic N) is 5. The van der Waals surface area contributed by atoms with E-state index in [-0.39, 0.29) is 27.7 Å². The van der Waals surface area contributed by atoms with Crippen LogP contribution in [-0.4, -0.2) is 107 Å². The largest absolute Gasteiger partial charge is 0.443 e. The van der Waals surface area contributed by atoms with Crippen LogP contribution in [0.5, 0.6) is 0 Å². The first-order chi connectivity index (χ1) is 23.7. The van der Waals surface area contributed by atoms with Crippen molar-refractivity contribution in [3.05, 3.63) is 28.7 Å². The Morgan fingerprint density at radius 3 is 2.14 bits per heavy atom. The molecule has 6 unspecified atom stereocenters. The van der Waals surface area contributed by atoms with Crippen molar-refractivity contribution < 1.29 is 70.0 Å². The first kappa shape index (κ1) is 36.7. The highest BCUT2D eigenvalue weighted by atomic mass is 32.1. The van der Waals surface area contributed by atoms with Crippen molar-refractivity contribution >= 4 is 49.4 Å². The van der Waals surface area contributed by atoms with E-state index in [9.17, 15) is 23.7 Å². The number of ether oxygens (including phenoxy) is 6. The van der Waals surface area contributed by atoms with Crippen molar-refractivity contribution in [3.63, 3.8) is 0 Å². The Hall–Kier alpha value is -2.63. The third-order valence-electron chi connectivity index (χ3n) is 8.46. The Kier molecular flexibility index (Phi) is 8.98. The fraction of sp³-hybridized carbons (Fsp3) is 0.654. The molecule has 0 bridgehead atoms. The molecule has 7 rings (SSSR count). The lowest BCUT2D eigenvalue weighted by Crippen LogP contribution is -2.34. The third kappa shape index (κ3) is 6.41. The standard InChI is InChI=1S/C26H33F2N7O13P2S/c1-24(2)45-14-11(43-17(16(14)47-24)22-34-10(7-51-22)20(30)36)5-41-49(37,38)26(27,28)50(39,40)42-6-12-15-18(48-25(3,4)46-15)23(44-12)35-9-33-13-19(29)31-8-32-21(13)35/h7-9,11-12,14-18,23H,5-6H2,1-4H3,(H2,30,36)(H,37,38)(H,39,40)(H2,29,31,32)/t11-,12-,14?,15?,16?,17-,18?,23-/m1/s1. The number of amides is 1. The Balaban J connectivity index is 1.04. The maximum atomic E-state index is 15.5. The number of hydrogen-bond acceptors (Lipinski definition) is 17. The average molecular weight is 784 g/mol. The van der Waals surface area contributed by atoms with Crippen molar-refractivity contribution in [1.29, 1.82) is 0 Å². The summed E-state index contributed by atoms with van der Waals surface area (Å²) in [5.41, 5.74) is 11.6. The van der Waals surface area contributed by atoms with Crippen LogP contribution in [0.15, 0.2) is 18.0 Å². The average Bonchev–Trinajstić information content (AvgIpc) is 3.86. The summed E-state index contributed by atoms with van der Waals surface area (Å²) in [6.45, 7) is 4.33. The van der Waals surface area contributed by atoms with Crippen LogP contribution in [0.25, 0.3) is 11.2 Å². The number of halogens is 2. The maximum Gasteiger partial charge on any atom is 0.443 e. The Morgan fingerprint density at radius 1 is 0.961 bits per heavy atom. The second-order valence-electron chi connectivity index (χ2n) is 12.9. The number of nitrogen functional groups attached to an aromatic ring is 1. The number of nitrogens with two attached hydrogens (primary N) is 2. The predicted molar refractivity (Wildman–Crippen MR) is 166 cm³/mol. The number of thiazole rings is 1. The SMILES string of the molecule is CC1(C)OC2C(O1)[C@@H](COP(=O)(O)C(F)(F)P(=O)(O)OC[C@H]1O[C@@H](c3nc(C(N)=O)cs3)C3OC(C)(C)OC31)O[C@H]2n1cnc2c(N)ncnc21. The molecule has 4 aliphatic heterocycles. The molecule has 280 valence electrons. The number of rotatable bonds is 11. The fourth-order valence-corrected chi connectivity index (χ4v) is 9.79. The van der Waals surface area contributed by atoms with E-state index in [4.69, 9.17) is 48.9 Å². The highest BCUT2D eigenvalue weighted by Crippen LogP contribution is 2.75. The van der Waals surface area contributed by atoms with Gasteiger partial charge in [0.25, 0.3) is 5.91 Å². The van der Waals surface area contributed by atoms with Gasteiger partial charge in [-0.25, -0.2) is 19.9 Å². The van der Waals surface area contributed by atoms with Crippen LogP contribution in [0.3, 0.4) is 0 Å². The van der Waals surface area contributed by atoms with Gasteiger partial charge in [0, 0.05) is 5.38 Å². The number of primary amides is 1. The molecule has 4 saturated heterocycles. The van der Waals surface area contributed by atoms with Gasteiger partial charge in [0.1, 0.15) is 65.3 Å². The molecule has 4 aliphatic rings. The first-order valence-electron chi connectivity index (χ1n) is 15.2. The first-order valence-corrected chi connectivity index (χ1v) is 19.3. The summed E-state index contributed by atoms with van der Waals surface area (Å²) >= 11 is 1.01. The molecule has 0 radical (unpaired) electrons. The fourth-order valence-electron chi connectivity index (χ4n) is 6.28. The molecule has 10 atom stereocenters. The summed E-state index contributed by atoms with van der Waals surface area (Å²) in [7, 11) is -12.6. The molecule has 0 aromatic carbocycles. The molecule has 4 fully saturated rings. The summed E-state index contributed by atoms with van der Waals surface area (Å²) in [5, 5.41) is -3.70. The maximum absolute atomic E-state index is 15.5. The summed E-state index contributed by atoms with van der Waals surface area (Å²) in [5.74, 6) is -3.08. The molecule has 3 aromatic heterocycles. The van der Waals surface area contributed by atoms with Gasteiger partial charge < -0.3 is 58.7 Å². The van der Waals surface area contributed by atoms with E-state index < -0.39 is 100 Å². The molecule has 0 saturated carbocycles. The normalized spacial score (nSPS) is 33.6. The molecule has 51 heavy (non-hydrogen) atoms. The zero-order valence-electron chi connectivity index (χ0n) is 27.1. The van der Waals surface area contributed by atoms with Crippen LogP contribution in [0.4, 0.5) is 14.6 Å². The van der Waals surface area contributed by atoms with Gasteiger partial charge in [-0.05, 0) is 27.7 Å². The minimum atomic E-state index is -6.29. The molecule has 6 N–H and O–H groups in total. The number of carbonyl (C=O) groups is 1. The van der Waals surface area contributed by atoms with Gasteiger partial charge in [0.2, 0.25) is 0 Å². The lowest BCUT2D eigenvalue weighted by Gasteiger charge is -2.28. The zero-order valence-corrected chi connectivity index (χ0v) is 29.7. The molecule has 7 heterocycles. The van der Waals surface area contributed by atoms with E-state index in [1.165, 1.54) is 22.6 Å². The van der Waals surface area contributed by atoms with E-state index in [1.54, 1.807) is 27.7 Å². The Bertz CT molecular complexity index is 1950.